The van der Waals surface area contributed by atoms with E-state index in [-0.39, 0.29) is 11.3 Å². The Morgan fingerprint density at radius 1 is 0.848 bits per heavy atom. The first-order valence-electron chi connectivity index (χ1n) is 9.67. The maximum atomic E-state index is 12.6. The minimum absolute atomic E-state index is 0.254. The Balaban J connectivity index is 1.74. The number of carbonyl (C=O) groups excluding carboxylic acids is 2. The molecular formula is C24H21ClN2O6. The summed E-state index contributed by atoms with van der Waals surface area (Å²) in [4.78, 5) is 25.0. The molecule has 0 aliphatic carbocycles. The predicted molar refractivity (Wildman–Crippen MR) is 124 cm³/mol. The fraction of sp³-hybridized carbons (Fsp3) is 0.125. The van der Waals surface area contributed by atoms with Crippen LogP contribution in [0.3, 0.4) is 0 Å². The van der Waals surface area contributed by atoms with Gasteiger partial charge in [0.05, 0.1) is 33.1 Å². The van der Waals surface area contributed by atoms with E-state index >= 15 is 0 Å². The average molecular weight is 469 g/mol. The summed E-state index contributed by atoms with van der Waals surface area (Å²) in [6, 6.07) is 16.1. The second-order valence-electron chi connectivity index (χ2n) is 6.55. The van der Waals surface area contributed by atoms with Crippen LogP contribution in [0.1, 0.15) is 26.3 Å². The number of rotatable bonds is 8. The highest BCUT2D eigenvalue weighted by molar-refractivity contribution is 6.30. The normalized spacial score (nSPS) is 10.5. The SMILES string of the molecule is COc1cc(C(=O)N/N=C\c2ccccc2OC(=O)c2ccc(Cl)cc2)cc(OC)c1OC. The molecule has 0 aliphatic rings. The summed E-state index contributed by atoms with van der Waals surface area (Å²) >= 11 is 5.85. The lowest BCUT2D eigenvalue weighted by molar-refractivity contribution is 0.0734. The Hall–Kier alpha value is -4.04. The molecule has 0 radical (unpaired) electrons. The third-order valence-electron chi connectivity index (χ3n) is 4.50. The minimum Gasteiger partial charge on any atom is -0.493 e. The van der Waals surface area contributed by atoms with Gasteiger partial charge in [-0.05, 0) is 48.5 Å². The lowest BCUT2D eigenvalue weighted by Gasteiger charge is -2.13. The van der Waals surface area contributed by atoms with E-state index in [0.717, 1.165) is 0 Å². The van der Waals surface area contributed by atoms with Crippen LogP contribution in [0.2, 0.25) is 5.02 Å². The van der Waals surface area contributed by atoms with Crippen molar-refractivity contribution in [2.75, 3.05) is 21.3 Å². The van der Waals surface area contributed by atoms with Gasteiger partial charge in [0.15, 0.2) is 11.5 Å². The van der Waals surface area contributed by atoms with Crippen LogP contribution in [0, 0.1) is 0 Å². The third-order valence-corrected chi connectivity index (χ3v) is 4.75. The molecular weight excluding hydrogens is 448 g/mol. The summed E-state index contributed by atoms with van der Waals surface area (Å²) < 4.78 is 21.2. The Kier molecular flexibility index (Phi) is 7.88. The molecule has 0 aromatic heterocycles. The number of nitrogens with one attached hydrogen (secondary N) is 1. The van der Waals surface area contributed by atoms with E-state index in [4.69, 9.17) is 30.5 Å². The number of benzene rings is 3. The van der Waals surface area contributed by atoms with E-state index < -0.39 is 11.9 Å². The third kappa shape index (κ3) is 5.81. The van der Waals surface area contributed by atoms with Crippen LogP contribution in [0.5, 0.6) is 23.0 Å². The van der Waals surface area contributed by atoms with E-state index in [2.05, 4.69) is 10.5 Å². The Morgan fingerprint density at radius 3 is 2.09 bits per heavy atom. The second kappa shape index (κ2) is 11.0. The van der Waals surface area contributed by atoms with Crippen molar-refractivity contribution in [3.8, 4) is 23.0 Å². The molecule has 0 unspecified atom stereocenters. The monoisotopic (exact) mass is 468 g/mol. The molecule has 0 bridgehead atoms. The first-order valence-corrected chi connectivity index (χ1v) is 10.0. The van der Waals surface area contributed by atoms with Crippen molar-refractivity contribution < 1.29 is 28.5 Å². The molecule has 0 saturated heterocycles. The number of methoxy groups -OCH3 is 3. The summed E-state index contributed by atoms with van der Waals surface area (Å²) in [5, 5.41) is 4.49. The largest absolute Gasteiger partial charge is 0.493 e. The fourth-order valence-corrected chi connectivity index (χ4v) is 2.99. The molecule has 3 aromatic rings. The van der Waals surface area contributed by atoms with E-state index in [1.165, 1.54) is 39.7 Å². The van der Waals surface area contributed by atoms with Crippen LogP contribution in [-0.2, 0) is 0 Å². The topological polar surface area (TPSA) is 95.5 Å². The molecule has 0 aliphatic heterocycles. The summed E-state index contributed by atoms with van der Waals surface area (Å²) in [7, 11) is 4.39. The maximum absolute atomic E-state index is 12.6. The van der Waals surface area contributed by atoms with Gasteiger partial charge in [0, 0.05) is 16.1 Å². The number of nitrogens with zero attached hydrogens (tertiary/aromatic N) is 1. The summed E-state index contributed by atoms with van der Waals surface area (Å²) in [5.74, 6) is 0.283. The Morgan fingerprint density at radius 2 is 1.48 bits per heavy atom. The smallest absolute Gasteiger partial charge is 0.343 e. The highest BCUT2D eigenvalue weighted by Crippen LogP contribution is 2.38. The van der Waals surface area contributed by atoms with Gasteiger partial charge in [-0.3, -0.25) is 4.79 Å². The van der Waals surface area contributed by atoms with Gasteiger partial charge in [-0.15, -0.1) is 0 Å². The van der Waals surface area contributed by atoms with Gasteiger partial charge in [-0.25, -0.2) is 10.2 Å². The summed E-state index contributed by atoms with van der Waals surface area (Å²) in [6.45, 7) is 0. The van der Waals surface area contributed by atoms with Gasteiger partial charge in [-0.1, -0.05) is 23.7 Å². The van der Waals surface area contributed by atoms with Gasteiger partial charge in [0.2, 0.25) is 5.75 Å². The highest BCUT2D eigenvalue weighted by Gasteiger charge is 2.17. The molecule has 0 atom stereocenters. The van der Waals surface area contributed by atoms with Crippen LogP contribution in [-0.4, -0.2) is 39.4 Å². The van der Waals surface area contributed by atoms with Crippen molar-refractivity contribution >= 4 is 29.7 Å². The molecule has 8 nitrogen and oxygen atoms in total. The standard InChI is InChI=1S/C24H21ClN2O6/c1-30-20-12-17(13-21(31-2)22(20)32-3)23(28)27-26-14-16-6-4-5-7-19(16)33-24(29)15-8-10-18(25)11-9-15/h4-14H,1-3H3,(H,27,28)/b26-14-. The molecule has 33 heavy (non-hydrogen) atoms. The zero-order chi connectivity index (χ0) is 23.8. The van der Waals surface area contributed by atoms with E-state index in [1.54, 1.807) is 48.5 Å². The van der Waals surface area contributed by atoms with E-state index in [0.29, 0.717) is 33.4 Å². The molecule has 0 heterocycles. The zero-order valence-electron chi connectivity index (χ0n) is 18.1. The van der Waals surface area contributed by atoms with Gasteiger partial charge < -0.3 is 18.9 Å². The molecule has 3 rings (SSSR count). The predicted octanol–water partition coefficient (Wildman–Crippen LogP) is 4.35. The van der Waals surface area contributed by atoms with Crippen LogP contribution in [0.15, 0.2) is 65.8 Å². The van der Waals surface area contributed by atoms with Crippen LogP contribution in [0.4, 0.5) is 0 Å². The number of carbonyl (C=O) groups is 2. The highest BCUT2D eigenvalue weighted by atomic mass is 35.5. The van der Waals surface area contributed by atoms with Crippen molar-refractivity contribution in [1.82, 2.24) is 5.43 Å². The molecule has 1 N–H and O–H groups in total. The molecule has 0 fully saturated rings. The maximum Gasteiger partial charge on any atom is 0.343 e. The van der Waals surface area contributed by atoms with Gasteiger partial charge >= 0.3 is 5.97 Å². The number of amides is 1. The molecule has 0 saturated carbocycles. The summed E-state index contributed by atoms with van der Waals surface area (Å²) in [6.07, 6.45) is 1.38. The molecule has 3 aromatic carbocycles. The number of esters is 1. The molecule has 9 heteroatoms. The van der Waals surface area contributed by atoms with Gasteiger partial charge in [0.1, 0.15) is 5.75 Å². The number of ether oxygens (including phenoxy) is 4. The van der Waals surface area contributed by atoms with Gasteiger partial charge in [-0.2, -0.15) is 5.10 Å². The van der Waals surface area contributed by atoms with E-state index in [1.807, 2.05) is 0 Å². The van der Waals surface area contributed by atoms with Crippen molar-refractivity contribution in [3.63, 3.8) is 0 Å². The molecule has 0 spiro atoms. The van der Waals surface area contributed by atoms with Crippen LogP contribution >= 0.6 is 11.6 Å². The Bertz CT molecular complexity index is 1150. The molecule has 1 amide bonds. The first-order chi connectivity index (χ1) is 16.0. The quantitative estimate of drug-likeness (QED) is 0.228. The lowest BCUT2D eigenvalue weighted by atomic mass is 10.1. The number of hydrogen-bond acceptors (Lipinski definition) is 7. The molecule has 170 valence electrons. The minimum atomic E-state index is -0.547. The Labute approximate surface area is 195 Å². The summed E-state index contributed by atoms with van der Waals surface area (Å²) in [5.41, 5.74) is 3.52. The number of hydrogen-bond donors (Lipinski definition) is 1. The van der Waals surface area contributed by atoms with Crippen LogP contribution < -0.4 is 24.4 Å². The zero-order valence-corrected chi connectivity index (χ0v) is 18.9. The van der Waals surface area contributed by atoms with Crippen molar-refractivity contribution in [2.45, 2.75) is 0 Å². The van der Waals surface area contributed by atoms with Crippen molar-refractivity contribution in [3.05, 3.63) is 82.4 Å². The second-order valence-corrected chi connectivity index (χ2v) is 6.98. The van der Waals surface area contributed by atoms with Crippen molar-refractivity contribution in [2.24, 2.45) is 5.10 Å². The van der Waals surface area contributed by atoms with Gasteiger partial charge in [0.25, 0.3) is 5.91 Å². The number of hydrazone groups is 1. The first kappa shape index (κ1) is 23.6. The average Bonchev–Trinajstić information content (AvgIpc) is 2.84. The van der Waals surface area contributed by atoms with Crippen molar-refractivity contribution in [1.29, 1.82) is 0 Å². The lowest BCUT2D eigenvalue weighted by Crippen LogP contribution is -2.18. The van der Waals surface area contributed by atoms with E-state index in [9.17, 15) is 9.59 Å². The number of para-hydroxylation sites is 1. The number of halogens is 1. The van der Waals surface area contributed by atoms with Crippen LogP contribution in [0.25, 0.3) is 0 Å². The fourth-order valence-electron chi connectivity index (χ4n) is 2.86.